The average Bonchev–Trinajstić information content (AvgIpc) is 3.91. The van der Waals surface area contributed by atoms with Crippen molar-refractivity contribution in [1.82, 2.24) is 19.5 Å². The standard InChI is InChI=1S/C49H43N2O.C14H15N2.Ir/c1-29(2)38-27-34(31-16-9-8-10-17-31)28-39(30(3)4)45(38)51-42-23-14-13-22-41(42)50-48(51)37-21-15-20-36-40-26-33-25-24-32-18-11-12-19-35(32)43(33)44(49(5,6)7)47(40)52-46(36)37;1-14(2,3)13-9-12(15-10-16-13)11-7-5-4-6-8-11;/h8-20,22-30H,1-7H3;4-7,9-10H,1-3H3;/q2*-1;. The Morgan fingerprint density at radius 1 is 0.565 bits per heavy atom. The molecule has 0 N–H and O–H groups in total. The van der Waals surface area contributed by atoms with Gasteiger partial charge in [0.05, 0.1) is 22.4 Å². The molecule has 0 aliphatic carbocycles. The van der Waals surface area contributed by atoms with Crippen molar-refractivity contribution in [2.24, 2.45) is 0 Å². The summed E-state index contributed by atoms with van der Waals surface area (Å²) in [5, 5.41) is 7.17. The quantitative estimate of drug-likeness (QED) is 0.123. The minimum atomic E-state index is -0.175. The van der Waals surface area contributed by atoms with Crippen LogP contribution in [0.25, 0.3) is 94.0 Å². The summed E-state index contributed by atoms with van der Waals surface area (Å²) in [5.41, 5.74) is 15.0. The van der Waals surface area contributed by atoms with Gasteiger partial charge in [-0.25, -0.2) is 4.98 Å². The van der Waals surface area contributed by atoms with Crippen LogP contribution in [0.2, 0.25) is 0 Å². The van der Waals surface area contributed by atoms with Crippen LogP contribution in [0.4, 0.5) is 0 Å². The number of rotatable bonds is 6. The number of nitrogens with zero attached hydrogens (tertiary/aromatic N) is 4. The van der Waals surface area contributed by atoms with Crippen LogP contribution >= 0.6 is 0 Å². The summed E-state index contributed by atoms with van der Waals surface area (Å²) >= 11 is 0. The van der Waals surface area contributed by atoms with E-state index >= 15 is 0 Å². The molecule has 0 unspecified atom stereocenters. The van der Waals surface area contributed by atoms with E-state index in [1.165, 1.54) is 55.0 Å². The van der Waals surface area contributed by atoms with Gasteiger partial charge in [0, 0.05) is 47.9 Å². The number of aromatic nitrogens is 4. The van der Waals surface area contributed by atoms with Gasteiger partial charge in [-0.2, -0.15) is 0 Å². The largest absolute Gasteiger partial charge is 0.500 e. The van der Waals surface area contributed by atoms with Crippen molar-refractivity contribution in [1.29, 1.82) is 0 Å². The Morgan fingerprint density at radius 3 is 1.94 bits per heavy atom. The molecule has 5 nitrogen and oxygen atoms in total. The van der Waals surface area contributed by atoms with E-state index in [2.05, 4.69) is 211 Å². The molecule has 11 rings (SSSR count). The second-order valence-corrected chi connectivity index (χ2v) is 20.7. The topological polar surface area (TPSA) is 56.7 Å². The third-order valence-corrected chi connectivity index (χ3v) is 13.1. The molecular formula is C63H58IrN4O-2. The summed E-state index contributed by atoms with van der Waals surface area (Å²) in [6.07, 6.45) is 1.62. The number of hydrogen-bond donors (Lipinski definition) is 0. The van der Waals surface area contributed by atoms with Gasteiger partial charge >= 0.3 is 0 Å². The number of furan rings is 1. The van der Waals surface area contributed by atoms with Gasteiger partial charge in [-0.3, -0.25) is 9.97 Å². The fourth-order valence-electron chi connectivity index (χ4n) is 9.75. The Kier molecular flexibility index (Phi) is 12.8. The molecule has 3 heterocycles. The average molecular weight is 1080 g/mol. The number of imidazole rings is 1. The summed E-state index contributed by atoms with van der Waals surface area (Å²) in [5.74, 6) is 1.38. The monoisotopic (exact) mass is 1080 g/mol. The van der Waals surface area contributed by atoms with Crippen molar-refractivity contribution >= 4 is 54.5 Å². The Morgan fingerprint density at radius 2 is 1.25 bits per heavy atom. The van der Waals surface area contributed by atoms with Crippen LogP contribution in [0, 0.1) is 12.1 Å². The molecule has 1 radical (unpaired) electrons. The zero-order valence-electron chi connectivity index (χ0n) is 41.2. The molecule has 347 valence electrons. The maximum Gasteiger partial charge on any atom is 0.125 e. The molecule has 0 spiro atoms. The predicted molar refractivity (Wildman–Crippen MR) is 285 cm³/mol. The van der Waals surface area contributed by atoms with E-state index in [1.807, 2.05) is 36.4 Å². The molecule has 6 heteroatoms. The van der Waals surface area contributed by atoms with Crippen molar-refractivity contribution in [2.75, 3.05) is 0 Å². The van der Waals surface area contributed by atoms with Gasteiger partial charge in [0.1, 0.15) is 11.9 Å². The Labute approximate surface area is 420 Å². The summed E-state index contributed by atoms with van der Waals surface area (Å²) in [6, 6.07) is 60.4. The maximum absolute atomic E-state index is 7.19. The van der Waals surface area contributed by atoms with Gasteiger partial charge in [0.25, 0.3) is 0 Å². The summed E-state index contributed by atoms with van der Waals surface area (Å²) in [4.78, 5) is 14.0. The SMILES string of the molecule is CC(C)(C)c1cc(-c2[c-]cccc2)ncn1.CC(C)c1cc(-c2ccccc2)cc(C(C)C)c1-n1c(-c2[c-]ccc3c2oc2c(C(C)(C)C)c4c(ccc5ccccc54)cc23)nc2ccccc21.[Ir]. The zero-order chi connectivity index (χ0) is 47.5. The molecule has 0 amide bonds. The molecule has 0 aliphatic heterocycles. The first-order valence-corrected chi connectivity index (χ1v) is 23.9. The normalized spacial score (nSPS) is 12.1. The Bertz CT molecular complexity index is 3620. The van der Waals surface area contributed by atoms with E-state index in [9.17, 15) is 0 Å². The van der Waals surface area contributed by atoms with Gasteiger partial charge in [-0.15, -0.1) is 54.1 Å². The van der Waals surface area contributed by atoms with Crippen molar-refractivity contribution in [3.8, 4) is 39.5 Å². The van der Waals surface area contributed by atoms with Crippen molar-refractivity contribution in [3.63, 3.8) is 0 Å². The number of hydrogen-bond acceptors (Lipinski definition) is 4. The van der Waals surface area contributed by atoms with E-state index in [0.717, 1.165) is 61.3 Å². The van der Waals surface area contributed by atoms with Gasteiger partial charge < -0.3 is 8.98 Å². The van der Waals surface area contributed by atoms with Crippen molar-refractivity contribution in [2.45, 2.75) is 91.9 Å². The minimum Gasteiger partial charge on any atom is -0.500 e. The van der Waals surface area contributed by atoms with Gasteiger partial charge in [-0.05, 0) is 97.1 Å². The third kappa shape index (κ3) is 8.82. The molecule has 0 saturated carbocycles. The molecule has 0 atom stereocenters. The molecule has 3 aromatic heterocycles. The smallest absolute Gasteiger partial charge is 0.125 e. The van der Waals surface area contributed by atoms with E-state index in [4.69, 9.17) is 9.40 Å². The molecular weight excluding hydrogens is 1020 g/mol. The summed E-state index contributed by atoms with van der Waals surface area (Å²) in [7, 11) is 0. The van der Waals surface area contributed by atoms with Crippen LogP contribution in [0.3, 0.4) is 0 Å². The number of benzene rings is 8. The molecule has 0 saturated heterocycles. The van der Waals surface area contributed by atoms with Crippen molar-refractivity contribution < 1.29 is 24.5 Å². The predicted octanol–water partition coefficient (Wildman–Crippen LogP) is 17.1. The molecule has 0 fully saturated rings. The van der Waals surface area contributed by atoms with Gasteiger partial charge in [0.15, 0.2) is 0 Å². The molecule has 0 bridgehead atoms. The fourth-order valence-corrected chi connectivity index (χ4v) is 9.75. The van der Waals surface area contributed by atoms with Crippen LogP contribution in [-0.2, 0) is 30.9 Å². The van der Waals surface area contributed by atoms with Crippen LogP contribution < -0.4 is 0 Å². The van der Waals surface area contributed by atoms with Crippen LogP contribution in [0.1, 0.15) is 103 Å². The second-order valence-electron chi connectivity index (χ2n) is 20.7. The third-order valence-electron chi connectivity index (χ3n) is 13.1. The fraction of sp³-hybridized carbons (Fsp3) is 0.222. The van der Waals surface area contributed by atoms with Gasteiger partial charge in [-0.1, -0.05) is 165 Å². The van der Waals surface area contributed by atoms with Gasteiger partial charge in [0.2, 0.25) is 0 Å². The van der Waals surface area contributed by atoms with E-state index in [-0.39, 0.29) is 42.8 Å². The summed E-state index contributed by atoms with van der Waals surface area (Å²) < 4.78 is 9.58. The molecule has 11 aromatic rings. The van der Waals surface area contributed by atoms with Crippen LogP contribution in [-0.4, -0.2) is 19.5 Å². The van der Waals surface area contributed by atoms with E-state index in [1.54, 1.807) is 6.33 Å². The number of fused-ring (bicyclic) bond motifs is 7. The molecule has 69 heavy (non-hydrogen) atoms. The molecule has 8 aromatic carbocycles. The van der Waals surface area contributed by atoms with E-state index in [0.29, 0.717) is 0 Å². The van der Waals surface area contributed by atoms with Crippen LogP contribution in [0.5, 0.6) is 0 Å². The maximum atomic E-state index is 7.19. The summed E-state index contributed by atoms with van der Waals surface area (Å²) in [6.45, 7) is 22.5. The molecule has 0 aliphatic rings. The van der Waals surface area contributed by atoms with E-state index < -0.39 is 0 Å². The Hall–Kier alpha value is -6.72. The number of para-hydroxylation sites is 2. The Balaban J connectivity index is 0.000000296. The second kappa shape index (κ2) is 18.6. The first kappa shape index (κ1) is 47.3. The first-order valence-electron chi connectivity index (χ1n) is 23.9. The van der Waals surface area contributed by atoms with Crippen molar-refractivity contribution in [3.05, 3.63) is 193 Å². The first-order chi connectivity index (χ1) is 32.7. The minimum absolute atomic E-state index is 0. The van der Waals surface area contributed by atoms with Crippen LogP contribution in [0.15, 0.2) is 162 Å². The zero-order valence-corrected chi connectivity index (χ0v) is 43.6.